The molecule has 140 valence electrons. The minimum atomic E-state index is -0.811. The Hall–Kier alpha value is -2.81. The number of hydrogen-bond acceptors (Lipinski definition) is 5. The van der Waals surface area contributed by atoms with E-state index in [1.807, 2.05) is 17.5 Å². The maximum Gasteiger partial charge on any atom is 0.322 e. The smallest absolute Gasteiger partial charge is 0.322 e. The number of carbonyl (C=O) groups excluding carboxylic acids is 1. The molecule has 3 heterocycles. The molecule has 3 aromatic rings. The minimum absolute atomic E-state index is 0.115. The van der Waals surface area contributed by atoms with Gasteiger partial charge in [-0.15, -0.1) is 21.5 Å². The number of benzene rings is 1. The number of aromatic nitrogens is 2. The number of para-hydroxylation sites is 1. The number of rotatable bonds is 3. The summed E-state index contributed by atoms with van der Waals surface area (Å²) in [5.41, 5.74) is -0.442. The van der Waals surface area contributed by atoms with Crippen molar-refractivity contribution in [3.05, 3.63) is 53.2 Å². The van der Waals surface area contributed by atoms with Crippen LogP contribution in [0.15, 0.2) is 40.1 Å². The number of piperidine rings is 1. The third-order valence-corrected chi connectivity index (χ3v) is 5.28. The van der Waals surface area contributed by atoms with Crippen LogP contribution in [0.5, 0.6) is 0 Å². The standard InChI is InChI=1S/C18H16F2N4O2S/c19-12-5-1-6-13(20)15(12)21-18(25)24-8-2-4-11(10-24)16-22-23-17(26-16)14-7-3-9-27-14/h1,3,5-7,9,11H,2,4,8,10H2,(H,21,25). The summed E-state index contributed by atoms with van der Waals surface area (Å²) in [6, 6.07) is 6.69. The van der Waals surface area contributed by atoms with Crippen molar-refractivity contribution in [1.82, 2.24) is 15.1 Å². The molecule has 27 heavy (non-hydrogen) atoms. The van der Waals surface area contributed by atoms with E-state index in [1.165, 1.54) is 22.3 Å². The number of nitrogens with zero attached hydrogens (tertiary/aromatic N) is 3. The predicted octanol–water partition coefficient (Wildman–Crippen LogP) is 4.49. The van der Waals surface area contributed by atoms with Crippen molar-refractivity contribution in [2.45, 2.75) is 18.8 Å². The van der Waals surface area contributed by atoms with Crippen LogP contribution >= 0.6 is 11.3 Å². The summed E-state index contributed by atoms with van der Waals surface area (Å²) in [6.07, 6.45) is 1.53. The van der Waals surface area contributed by atoms with Gasteiger partial charge in [0.15, 0.2) is 0 Å². The van der Waals surface area contributed by atoms with Crippen molar-refractivity contribution in [3.63, 3.8) is 0 Å². The van der Waals surface area contributed by atoms with Crippen LogP contribution in [-0.4, -0.2) is 34.2 Å². The molecule has 6 nitrogen and oxygen atoms in total. The molecule has 9 heteroatoms. The Morgan fingerprint density at radius 3 is 2.78 bits per heavy atom. The number of urea groups is 1. The highest BCUT2D eigenvalue weighted by Crippen LogP contribution is 2.30. The molecule has 0 radical (unpaired) electrons. The van der Waals surface area contributed by atoms with Gasteiger partial charge in [-0.05, 0) is 36.4 Å². The van der Waals surface area contributed by atoms with E-state index in [2.05, 4.69) is 15.5 Å². The lowest BCUT2D eigenvalue weighted by Crippen LogP contribution is -2.42. The molecule has 2 aromatic heterocycles. The van der Waals surface area contributed by atoms with Gasteiger partial charge in [0.25, 0.3) is 5.89 Å². The fourth-order valence-electron chi connectivity index (χ4n) is 3.07. The highest BCUT2D eigenvalue weighted by atomic mass is 32.1. The number of carbonyl (C=O) groups is 1. The fourth-order valence-corrected chi connectivity index (χ4v) is 3.71. The first-order valence-corrected chi connectivity index (χ1v) is 9.37. The Balaban J connectivity index is 1.46. The molecule has 1 aromatic carbocycles. The molecule has 4 rings (SSSR count). The van der Waals surface area contributed by atoms with Crippen LogP contribution in [0.25, 0.3) is 10.8 Å². The van der Waals surface area contributed by atoms with E-state index in [9.17, 15) is 13.6 Å². The van der Waals surface area contributed by atoms with Crippen molar-refractivity contribution >= 4 is 23.1 Å². The molecule has 0 bridgehead atoms. The van der Waals surface area contributed by atoms with Crippen molar-refractivity contribution < 1.29 is 18.0 Å². The van der Waals surface area contributed by atoms with Crippen molar-refractivity contribution in [3.8, 4) is 10.8 Å². The summed E-state index contributed by atoms with van der Waals surface area (Å²) in [5, 5.41) is 12.4. The van der Waals surface area contributed by atoms with Crippen LogP contribution in [0.4, 0.5) is 19.3 Å². The van der Waals surface area contributed by atoms with Crippen LogP contribution in [0.3, 0.4) is 0 Å². The second kappa shape index (κ2) is 7.43. The number of hydrogen-bond donors (Lipinski definition) is 1. The third-order valence-electron chi connectivity index (χ3n) is 4.43. The first-order chi connectivity index (χ1) is 13.1. The van der Waals surface area contributed by atoms with Gasteiger partial charge in [-0.3, -0.25) is 0 Å². The molecule has 1 saturated heterocycles. The summed E-state index contributed by atoms with van der Waals surface area (Å²) in [4.78, 5) is 14.8. The van der Waals surface area contributed by atoms with Gasteiger partial charge in [0.2, 0.25) is 5.89 Å². The van der Waals surface area contributed by atoms with Crippen molar-refractivity contribution in [2.24, 2.45) is 0 Å². The Morgan fingerprint density at radius 2 is 2.04 bits per heavy atom. The number of likely N-dealkylation sites (tertiary alicyclic amines) is 1. The maximum atomic E-state index is 13.8. The van der Waals surface area contributed by atoms with Gasteiger partial charge in [-0.2, -0.15) is 0 Å². The lowest BCUT2D eigenvalue weighted by Gasteiger charge is -2.31. The number of halogens is 2. The van der Waals surface area contributed by atoms with Gasteiger partial charge >= 0.3 is 6.03 Å². The lowest BCUT2D eigenvalue weighted by atomic mass is 9.98. The first-order valence-electron chi connectivity index (χ1n) is 8.49. The van der Waals surface area contributed by atoms with E-state index in [0.29, 0.717) is 24.9 Å². The molecule has 1 atom stereocenters. The zero-order valence-electron chi connectivity index (χ0n) is 14.2. The topological polar surface area (TPSA) is 71.3 Å². The molecule has 1 aliphatic rings. The highest BCUT2D eigenvalue weighted by Gasteiger charge is 2.29. The first kappa shape index (κ1) is 17.6. The monoisotopic (exact) mass is 390 g/mol. The molecular formula is C18H16F2N4O2S. The van der Waals surface area contributed by atoms with Crippen LogP contribution in [0.2, 0.25) is 0 Å². The zero-order valence-corrected chi connectivity index (χ0v) is 15.0. The summed E-state index contributed by atoms with van der Waals surface area (Å²) in [6.45, 7) is 0.832. The molecule has 1 aliphatic heterocycles. The van der Waals surface area contributed by atoms with Gasteiger partial charge in [-0.1, -0.05) is 12.1 Å². The van der Waals surface area contributed by atoms with Gasteiger partial charge in [0.1, 0.15) is 17.3 Å². The largest absolute Gasteiger partial charge is 0.420 e. The van der Waals surface area contributed by atoms with E-state index in [0.717, 1.165) is 29.9 Å². The highest BCUT2D eigenvalue weighted by molar-refractivity contribution is 7.13. The predicted molar refractivity (Wildman–Crippen MR) is 96.5 cm³/mol. The molecule has 0 saturated carbocycles. The van der Waals surface area contributed by atoms with E-state index < -0.39 is 23.4 Å². The molecule has 0 spiro atoms. The van der Waals surface area contributed by atoms with Crippen LogP contribution in [-0.2, 0) is 0 Å². The minimum Gasteiger partial charge on any atom is -0.420 e. The number of anilines is 1. The van der Waals surface area contributed by atoms with Crippen molar-refractivity contribution in [2.75, 3.05) is 18.4 Å². The summed E-state index contributed by atoms with van der Waals surface area (Å²) in [5.74, 6) is -0.817. The fraction of sp³-hybridized carbons (Fsp3) is 0.278. The summed E-state index contributed by atoms with van der Waals surface area (Å²) < 4.78 is 33.3. The summed E-state index contributed by atoms with van der Waals surface area (Å²) >= 11 is 1.50. The van der Waals surface area contributed by atoms with Crippen LogP contribution in [0, 0.1) is 11.6 Å². The second-order valence-electron chi connectivity index (χ2n) is 6.23. The lowest BCUT2D eigenvalue weighted by molar-refractivity contribution is 0.187. The Bertz CT molecular complexity index is 925. The average molecular weight is 390 g/mol. The van der Waals surface area contributed by atoms with Gasteiger partial charge in [-0.25, -0.2) is 13.6 Å². The van der Waals surface area contributed by atoms with E-state index in [4.69, 9.17) is 4.42 Å². The average Bonchev–Trinajstić information content (AvgIpc) is 3.36. The molecule has 0 aliphatic carbocycles. The normalized spacial score (nSPS) is 17.1. The van der Waals surface area contributed by atoms with Gasteiger partial charge in [0.05, 0.1) is 10.8 Å². The van der Waals surface area contributed by atoms with Gasteiger partial charge in [0, 0.05) is 13.1 Å². The molecule has 1 N–H and O–H groups in total. The van der Waals surface area contributed by atoms with E-state index in [1.54, 1.807) is 0 Å². The maximum absolute atomic E-state index is 13.8. The van der Waals surface area contributed by atoms with Crippen LogP contribution < -0.4 is 5.32 Å². The SMILES string of the molecule is O=C(Nc1c(F)cccc1F)N1CCCC(c2nnc(-c3cccs3)o2)C1. The Labute approximate surface area is 157 Å². The molecule has 1 unspecified atom stereocenters. The number of thiophene rings is 1. The molecular weight excluding hydrogens is 374 g/mol. The van der Waals surface area contributed by atoms with Crippen molar-refractivity contribution in [1.29, 1.82) is 0 Å². The second-order valence-corrected chi connectivity index (χ2v) is 7.18. The Morgan fingerprint density at radius 1 is 1.22 bits per heavy atom. The number of amides is 2. The van der Waals surface area contributed by atoms with Crippen LogP contribution in [0.1, 0.15) is 24.7 Å². The van der Waals surface area contributed by atoms with Gasteiger partial charge < -0.3 is 14.6 Å². The van der Waals surface area contributed by atoms with E-state index >= 15 is 0 Å². The third kappa shape index (κ3) is 3.68. The van der Waals surface area contributed by atoms with E-state index in [-0.39, 0.29) is 5.92 Å². The number of nitrogens with one attached hydrogen (secondary N) is 1. The molecule has 2 amide bonds. The molecule has 1 fully saturated rings. The Kier molecular flexibility index (Phi) is 4.85. The quantitative estimate of drug-likeness (QED) is 0.715. The summed E-state index contributed by atoms with van der Waals surface area (Å²) in [7, 11) is 0. The zero-order chi connectivity index (χ0) is 18.8.